The van der Waals surface area contributed by atoms with Crippen molar-refractivity contribution < 1.29 is 18.3 Å². The summed E-state index contributed by atoms with van der Waals surface area (Å²) in [5.74, 6) is -1.07. The second-order valence-corrected chi connectivity index (χ2v) is 5.56. The third kappa shape index (κ3) is 3.63. The Morgan fingerprint density at radius 3 is 2.14 bits per heavy atom. The van der Waals surface area contributed by atoms with E-state index in [9.17, 15) is 13.2 Å². The van der Waals surface area contributed by atoms with Crippen molar-refractivity contribution >= 4 is 16.0 Å². The van der Waals surface area contributed by atoms with Crippen LogP contribution in [0.15, 0.2) is 0 Å². The Labute approximate surface area is 83.6 Å². The van der Waals surface area contributed by atoms with E-state index in [4.69, 9.17) is 5.11 Å². The van der Waals surface area contributed by atoms with Gasteiger partial charge in [0.2, 0.25) is 10.0 Å². The summed E-state index contributed by atoms with van der Waals surface area (Å²) in [6, 6.07) is -0.0828. The lowest BCUT2D eigenvalue weighted by Crippen LogP contribution is -2.38. The molecule has 0 radical (unpaired) electrons. The van der Waals surface area contributed by atoms with Crippen LogP contribution in [0.25, 0.3) is 0 Å². The van der Waals surface area contributed by atoms with Crippen LogP contribution in [-0.2, 0) is 14.8 Å². The number of carbonyl (C=O) groups is 1. The summed E-state index contributed by atoms with van der Waals surface area (Å²) in [5, 5.41) is 8.72. The van der Waals surface area contributed by atoms with Gasteiger partial charge in [0.05, 0.1) is 12.2 Å². The van der Waals surface area contributed by atoms with E-state index in [1.165, 1.54) is 0 Å². The molecule has 0 aromatic heterocycles. The van der Waals surface area contributed by atoms with Crippen molar-refractivity contribution in [2.75, 3.05) is 6.26 Å². The van der Waals surface area contributed by atoms with E-state index in [2.05, 4.69) is 4.72 Å². The lowest BCUT2D eigenvalue weighted by molar-refractivity contribution is -0.142. The fourth-order valence-corrected chi connectivity index (χ4v) is 2.60. The summed E-state index contributed by atoms with van der Waals surface area (Å²) >= 11 is 0. The van der Waals surface area contributed by atoms with Gasteiger partial charge in [0.25, 0.3) is 0 Å². The molecule has 0 spiro atoms. The molecule has 0 unspecified atom stereocenters. The molecule has 0 saturated heterocycles. The maximum absolute atomic E-state index is 10.9. The predicted molar refractivity (Wildman–Crippen MR) is 51.4 cm³/mol. The minimum atomic E-state index is -3.16. The monoisotopic (exact) mass is 221 g/mol. The van der Waals surface area contributed by atoms with Crippen molar-refractivity contribution in [1.82, 2.24) is 4.72 Å². The quantitative estimate of drug-likeness (QED) is 0.712. The molecule has 82 valence electrons. The van der Waals surface area contributed by atoms with Crippen LogP contribution >= 0.6 is 0 Å². The van der Waals surface area contributed by atoms with Gasteiger partial charge in [-0.3, -0.25) is 4.79 Å². The van der Waals surface area contributed by atoms with Crippen LogP contribution in [0.5, 0.6) is 0 Å². The molecule has 0 atom stereocenters. The second-order valence-electron chi connectivity index (χ2n) is 3.78. The lowest BCUT2D eigenvalue weighted by Gasteiger charge is -2.25. The summed E-state index contributed by atoms with van der Waals surface area (Å²) in [5.41, 5.74) is 0. The Balaban J connectivity index is 2.40. The standard InChI is InChI=1S/C8H15NO4S/c1-14(12,13)9-7-4-2-6(3-5-7)8(10)11/h6-7,9H,2-5H2,1H3,(H,10,11). The SMILES string of the molecule is CS(=O)(=O)NC1CCC(C(=O)O)CC1. The van der Waals surface area contributed by atoms with E-state index in [-0.39, 0.29) is 12.0 Å². The zero-order valence-corrected chi connectivity index (χ0v) is 8.88. The van der Waals surface area contributed by atoms with Crippen LogP contribution in [0.3, 0.4) is 0 Å². The summed E-state index contributed by atoms with van der Waals surface area (Å²) in [6.07, 6.45) is 3.47. The zero-order chi connectivity index (χ0) is 10.8. The number of rotatable bonds is 3. The predicted octanol–water partition coefficient (Wildman–Crippen LogP) is 0.179. The maximum atomic E-state index is 10.9. The Morgan fingerprint density at radius 2 is 1.79 bits per heavy atom. The molecule has 0 aromatic rings. The number of nitrogens with one attached hydrogen (secondary N) is 1. The van der Waals surface area contributed by atoms with E-state index in [1.54, 1.807) is 0 Å². The molecule has 6 heteroatoms. The largest absolute Gasteiger partial charge is 0.481 e. The smallest absolute Gasteiger partial charge is 0.306 e. The Morgan fingerprint density at radius 1 is 1.29 bits per heavy atom. The second kappa shape index (κ2) is 4.27. The molecule has 1 saturated carbocycles. The molecule has 0 aromatic carbocycles. The van der Waals surface area contributed by atoms with Gasteiger partial charge < -0.3 is 5.11 Å². The van der Waals surface area contributed by atoms with E-state index in [1.807, 2.05) is 0 Å². The first-order valence-electron chi connectivity index (χ1n) is 4.58. The molecule has 14 heavy (non-hydrogen) atoms. The van der Waals surface area contributed by atoms with Gasteiger partial charge in [-0.25, -0.2) is 13.1 Å². The molecule has 1 aliphatic rings. The van der Waals surface area contributed by atoms with E-state index in [0.717, 1.165) is 6.26 Å². The fraction of sp³-hybridized carbons (Fsp3) is 0.875. The highest BCUT2D eigenvalue weighted by molar-refractivity contribution is 7.88. The topological polar surface area (TPSA) is 83.5 Å². The number of sulfonamides is 1. The molecule has 5 nitrogen and oxygen atoms in total. The summed E-state index contributed by atoms with van der Waals surface area (Å²) < 4.78 is 24.3. The fourth-order valence-electron chi connectivity index (χ4n) is 1.76. The molecular formula is C8H15NO4S. The minimum Gasteiger partial charge on any atom is -0.481 e. The molecule has 1 aliphatic carbocycles. The highest BCUT2D eigenvalue weighted by Crippen LogP contribution is 2.24. The van der Waals surface area contributed by atoms with Gasteiger partial charge in [-0.1, -0.05) is 0 Å². The summed E-state index contributed by atoms with van der Waals surface area (Å²) in [4.78, 5) is 10.6. The molecule has 1 rings (SSSR count). The van der Waals surface area contributed by atoms with Crippen molar-refractivity contribution in [3.05, 3.63) is 0 Å². The Bertz CT molecular complexity index is 303. The normalized spacial score (nSPS) is 28.6. The van der Waals surface area contributed by atoms with E-state index < -0.39 is 16.0 Å². The summed E-state index contributed by atoms with van der Waals surface area (Å²) in [7, 11) is -3.16. The summed E-state index contributed by atoms with van der Waals surface area (Å²) in [6.45, 7) is 0. The third-order valence-corrected chi connectivity index (χ3v) is 3.22. The Hall–Kier alpha value is -0.620. The molecule has 2 N–H and O–H groups in total. The van der Waals surface area contributed by atoms with Gasteiger partial charge in [0.15, 0.2) is 0 Å². The maximum Gasteiger partial charge on any atom is 0.306 e. The van der Waals surface area contributed by atoms with Crippen molar-refractivity contribution in [1.29, 1.82) is 0 Å². The van der Waals surface area contributed by atoms with Gasteiger partial charge in [-0.15, -0.1) is 0 Å². The molecule has 0 heterocycles. The first-order valence-corrected chi connectivity index (χ1v) is 6.48. The van der Waals surface area contributed by atoms with Crippen LogP contribution in [0.4, 0.5) is 0 Å². The average molecular weight is 221 g/mol. The van der Waals surface area contributed by atoms with Gasteiger partial charge in [0, 0.05) is 6.04 Å². The number of hydrogen-bond donors (Lipinski definition) is 2. The van der Waals surface area contributed by atoms with Crippen LogP contribution in [0.1, 0.15) is 25.7 Å². The van der Waals surface area contributed by atoms with E-state index in [0.29, 0.717) is 25.7 Å². The van der Waals surface area contributed by atoms with Gasteiger partial charge in [-0.05, 0) is 25.7 Å². The third-order valence-electron chi connectivity index (χ3n) is 2.46. The first kappa shape index (κ1) is 11.5. The highest BCUT2D eigenvalue weighted by atomic mass is 32.2. The van der Waals surface area contributed by atoms with Crippen molar-refractivity contribution in [3.63, 3.8) is 0 Å². The van der Waals surface area contributed by atoms with Crippen molar-refractivity contribution in [2.45, 2.75) is 31.7 Å². The van der Waals surface area contributed by atoms with Crippen LogP contribution in [0, 0.1) is 5.92 Å². The van der Waals surface area contributed by atoms with Crippen molar-refractivity contribution in [3.8, 4) is 0 Å². The first-order chi connectivity index (χ1) is 6.38. The average Bonchev–Trinajstić information content (AvgIpc) is 2.02. The van der Waals surface area contributed by atoms with Crippen LogP contribution < -0.4 is 4.72 Å². The van der Waals surface area contributed by atoms with Gasteiger partial charge in [0.1, 0.15) is 0 Å². The highest BCUT2D eigenvalue weighted by Gasteiger charge is 2.26. The minimum absolute atomic E-state index is 0.0828. The van der Waals surface area contributed by atoms with Gasteiger partial charge in [-0.2, -0.15) is 0 Å². The molecule has 0 amide bonds. The zero-order valence-electron chi connectivity index (χ0n) is 8.06. The Kier molecular flexibility index (Phi) is 3.49. The van der Waals surface area contributed by atoms with Crippen molar-refractivity contribution in [2.24, 2.45) is 5.92 Å². The van der Waals surface area contributed by atoms with Crippen LogP contribution in [0.2, 0.25) is 0 Å². The molecule has 0 aliphatic heterocycles. The number of hydrogen-bond acceptors (Lipinski definition) is 3. The van der Waals surface area contributed by atoms with Gasteiger partial charge >= 0.3 is 5.97 Å². The number of carboxylic acids is 1. The molecular weight excluding hydrogens is 206 g/mol. The van der Waals surface area contributed by atoms with E-state index >= 15 is 0 Å². The molecule has 1 fully saturated rings. The van der Waals surface area contributed by atoms with Crippen LogP contribution in [-0.4, -0.2) is 31.8 Å². The molecule has 0 bridgehead atoms. The lowest BCUT2D eigenvalue weighted by atomic mass is 9.87. The number of aliphatic carboxylic acids is 1. The number of carboxylic acid groups (broad SMARTS) is 1.